The molecule has 0 saturated heterocycles. The van der Waals surface area contributed by atoms with E-state index in [-0.39, 0.29) is 18.0 Å². The smallest absolute Gasteiger partial charge is 0.350 e. The van der Waals surface area contributed by atoms with Gasteiger partial charge in [-0.15, -0.1) is 0 Å². The van der Waals surface area contributed by atoms with Crippen LogP contribution in [-0.4, -0.2) is 19.3 Å². The lowest BCUT2D eigenvalue weighted by Gasteiger charge is -2.28. The zero-order valence-corrected chi connectivity index (χ0v) is 18.9. The van der Waals surface area contributed by atoms with Gasteiger partial charge in [-0.25, -0.2) is 18.6 Å². The summed E-state index contributed by atoms with van der Waals surface area (Å²) in [6.45, 7) is 1.62. The molecule has 5 rings (SSSR count). The number of halogens is 2. The van der Waals surface area contributed by atoms with Gasteiger partial charge in [0.15, 0.2) is 0 Å². The second-order valence-electron chi connectivity index (χ2n) is 8.17. The van der Waals surface area contributed by atoms with Gasteiger partial charge in [-0.05, 0) is 56.2 Å². The molecule has 172 valence electrons. The van der Waals surface area contributed by atoms with Crippen molar-refractivity contribution in [2.24, 2.45) is 5.92 Å². The van der Waals surface area contributed by atoms with Gasteiger partial charge in [0, 0.05) is 17.4 Å². The standard InChI is InChI=1S/C24H19F2N5O2S/c1-14-23(34-22(29-14)16-9-15(10-16)11-27)33-18-7-5-17(6-8-18)31-24(32)30(13-28-31)12-19-20(25)3-2-4-21(19)26/h2-8,13,15-16H,9-10,12H2,1H3. The van der Waals surface area contributed by atoms with Crippen LogP contribution in [0, 0.1) is 35.8 Å². The zero-order chi connectivity index (χ0) is 23.8. The third-order valence-corrected chi connectivity index (χ3v) is 7.05. The van der Waals surface area contributed by atoms with E-state index in [0.717, 1.165) is 44.9 Å². The normalized spacial score (nSPS) is 17.2. The lowest BCUT2D eigenvalue weighted by atomic mass is 9.76. The summed E-state index contributed by atoms with van der Waals surface area (Å²) in [5.74, 6) is -0.433. The largest absolute Gasteiger partial charge is 0.445 e. The molecule has 2 aromatic carbocycles. The van der Waals surface area contributed by atoms with E-state index in [1.807, 2.05) is 6.92 Å². The van der Waals surface area contributed by atoms with E-state index in [1.165, 1.54) is 23.7 Å². The van der Waals surface area contributed by atoms with Crippen molar-refractivity contribution in [3.8, 4) is 22.6 Å². The number of thiazole rings is 1. The number of nitrogens with zero attached hydrogens (tertiary/aromatic N) is 5. The highest BCUT2D eigenvalue weighted by atomic mass is 32.1. The summed E-state index contributed by atoms with van der Waals surface area (Å²) in [5, 5.41) is 14.7. The quantitative estimate of drug-likeness (QED) is 0.391. The first-order chi connectivity index (χ1) is 16.4. The highest BCUT2D eigenvalue weighted by molar-refractivity contribution is 7.13. The predicted octanol–water partition coefficient (Wildman–Crippen LogP) is 4.93. The molecular weight excluding hydrogens is 460 g/mol. The van der Waals surface area contributed by atoms with E-state index in [9.17, 15) is 13.6 Å². The molecular formula is C24H19F2N5O2S. The Morgan fingerprint density at radius 3 is 2.56 bits per heavy atom. The van der Waals surface area contributed by atoms with Crippen LogP contribution in [0.1, 0.15) is 35.0 Å². The van der Waals surface area contributed by atoms with Gasteiger partial charge >= 0.3 is 5.69 Å². The van der Waals surface area contributed by atoms with Crippen molar-refractivity contribution in [2.45, 2.75) is 32.2 Å². The van der Waals surface area contributed by atoms with Crippen LogP contribution >= 0.6 is 11.3 Å². The Hall–Kier alpha value is -3.84. The van der Waals surface area contributed by atoms with Gasteiger partial charge in [-0.1, -0.05) is 17.4 Å². The third-order valence-electron chi connectivity index (χ3n) is 5.86. The minimum atomic E-state index is -0.718. The van der Waals surface area contributed by atoms with Crippen molar-refractivity contribution in [3.63, 3.8) is 0 Å². The molecule has 0 aliphatic heterocycles. The minimum Gasteiger partial charge on any atom is -0.445 e. The molecule has 10 heteroatoms. The van der Waals surface area contributed by atoms with Crippen molar-refractivity contribution in [1.82, 2.24) is 19.3 Å². The van der Waals surface area contributed by atoms with E-state index < -0.39 is 17.3 Å². The van der Waals surface area contributed by atoms with Crippen LogP contribution < -0.4 is 10.4 Å². The molecule has 0 amide bonds. The number of nitriles is 1. The first-order valence-electron chi connectivity index (χ1n) is 10.7. The van der Waals surface area contributed by atoms with Crippen LogP contribution in [0.2, 0.25) is 0 Å². The summed E-state index contributed by atoms with van der Waals surface area (Å²) < 4.78 is 36.2. The maximum absolute atomic E-state index is 13.9. The fourth-order valence-corrected chi connectivity index (χ4v) is 4.90. The number of aromatic nitrogens is 4. The SMILES string of the molecule is Cc1nc(C2CC(C#N)C2)sc1Oc1ccc(-n2ncn(Cc3c(F)cccc3F)c2=O)cc1. The van der Waals surface area contributed by atoms with Gasteiger partial charge < -0.3 is 4.74 Å². The molecule has 0 bridgehead atoms. The lowest BCUT2D eigenvalue weighted by molar-refractivity contribution is 0.330. The molecule has 2 heterocycles. The molecule has 4 aromatic rings. The predicted molar refractivity (Wildman–Crippen MR) is 121 cm³/mol. The molecule has 0 spiro atoms. The average Bonchev–Trinajstić information content (AvgIpc) is 3.33. The molecule has 1 aliphatic rings. The number of benzene rings is 2. The topological polar surface area (TPSA) is 85.7 Å². The molecule has 7 nitrogen and oxygen atoms in total. The van der Waals surface area contributed by atoms with Crippen molar-refractivity contribution in [3.05, 3.63) is 87.2 Å². The van der Waals surface area contributed by atoms with Gasteiger partial charge in [0.1, 0.15) is 23.7 Å². The van der Waals surface area contributed by atoms with Gasteiger partial charge in [-0.2, -0.15) is 15.0 Å². The average molecular weight is 480 g/mol. The number of aryl methyl sites for hydroxylation is 1. The van der Waals surface area contributed by atoms with Gasteiger partial charge in [0.05, 0.1) is 29.0 Å². The van der Waals surface area contributed by atoms with Crippen LogP contribution in [0.25, 0.3) is 5.69 Å². The first-order valence-corrected chi connectivity index (χ1v) is 11.5. The Kier molecular flexibility index (Phi) is 5.71. The fourth-order valence-electron chi connectivity index (χ4n) is 3.83. The summed E-state index contributed by atoms with van der Waals surface area (Å²) in [6.07, 6.45) is 2.92. The highest BCUT2D eigenvalue weighted by Gasteiger charge is 2.33. The van der Waals surface area contributed by atoms with Crippen molar-refractivity contribution >= 4 is 11.3 Å². The summed E-state index contributed by atoms with van der Waals surface area (Å²) in [7, 11) is 0. The lowest BCUT2D eigenvalue weighted by Crippen LogP contribution is -2.24. The maximum atomic E-state index is 13.9. The molecule has 1 aliphatic carbocycles. The molecule has 0 unspecified atom stereocenters. The van der Waals surface area contributed by atoms with Crippen LogP contribution in [0.15, 0.2) is 53.6 Å². The molecule has 2 aromatic heterocycles. The first kappa shape index (κ1) is 22.0. The monoisotopic (exact) mass is 479 g/mol. The molecule has 1 fully saturated rings. The number of hydrogen-bond acceptors (Lipinski definition) is 6. The Morgan fingerprint density at radius 1 is 1.18 bits per heavy atom. The van der Waals surface area contributed by atoms with E-state index >= 15 is 0 Å². The van der Waals surface area contributed by atoms with E-state index in [4.69, 9.17) is 10.00 Å². The Labute approximate surface area is 197 Å². The van der Waals surface area contributed by atoms with Crippen LogP contribution in [-0.2, 0) is 6.54 Å². The Balaban J connectivity index is 1.30. The summed E-state index contributed by atoms with van der Waals surface area (Å²) in [6, 6.07) is 12.6. The Morgan fingerprint density at radius 2 is 1.88 bits per heavy atom. The van der Waals surface area contributed by atoms with Crippen LogP contribution in [0.5, 0.6) is 10.8 Å². The fraction of sp³-hybridized carbons (Fsp3) is 0.250. The summed E-state index contributed by atoms with van der Waals surface area (Å²) in [5.41, 5.74) is 0.566. The van der Waals surface area contributed by atoms with E-state index in [0.29, 0.717) is 22.4 Å². The number of ether oxygens (including phenoxy) is 1. The molecule has 1 saturated carbocycles. The molecule has 0 N–H and O–H groups in total. The van der Waals surface area contributed by atoms with Crippen molar-refractivity contribution in [2.75, 3.05) is 0 Å². The van der Waals surface area contributed by atoms with Gasteiger partial charge in [0.2, 0.25) is 5.06 Å². The second-order valence-corrected chi connectivity index (χ2v) is 9.16. The maximum Gasteiger partial charge on any atom is 0.350 e. The zero-order valence-electron chi connectivity index (χ0n) is 18.1. The molecule has 0 radical (unpaired) electrons. The summed E-state index contributed by atoms with van der Waals surface area (Å²) >= 11 is 1.49. The van der Waals surface area contributed by atoms with Crippen molar-refractivity contribution in [1.29, 1.82) is 5.26 Å². The van der Waals surface area contributed by atoms with E-state index in [1.54, 1.807) is 24.3 Å². The third kappa shape index (κ3) is 4.10. The van der Waals surface area contributed by atoms with Crippen molar-refractivity contribution < 1.29 is 13.5 Å². The second kappa shape index (κ2) is 8.83. The van der Waals surface area contributed by atoms with E-state index in [2.05, 4.69) is 16.2 Å². The Bertz CT molecular complexity index is 1430. The summed E-state index contributed by atoms with van der Waals surface area (Å²) in [4.78, 5) is 17.3. The number of rotatable bonds is 6. The molecule has 0 atom stereocenters. The van der Waals surface area contributed by atoms with Crippen LogP contribution in [0.4, 0.5) is 8.78 Å². The number of hydrogen-bond donors (Lipinski definition) is 0. The van der Waals surface area contributed by atoms with Crippen LogP contribution in [0.3, 0.4) is 0 Å². The minimum absolute atomic E-state index is 0.115. The van der Waals surface area contributed by atoms with Gasteiger partial charge in [-0.3, -0.25) is 4.57 Å². The highest BCUT2D eigenvalue weighted by Crippen LogP contribution is 2.45. The van der Waals surface area contributed by atoms with Gasteiger partial charge in [0.25, 0.3) is 0 Å². The molecule has 34 heavy (non-hydrogen) atoms.